The minimum atomic E-state index is -3.55. The van der Waals surface area contributed by atoms with E-state index < -0.39 is 10.0 Å². The Hall–Kier alpha value is -1.84. The van der Waals surface area contributed by atoms with E-state index in [1.165, 1.54) is 39.9 Å². The van der Waals surface area contributed by atoms with Crippen molar-refractivity contribution in [2.75, 3.05) is 18.4 Å². The summed E-state index contributed by atoms with van der Waals surface area (Å²) in [6.45, 7) is 8.95. The molecule has 0 aliphatic rings. The molecular formula is C19H28N4O3S2. The van der Waals surface area contributed by atoms with Gasteiger partial charge in [-0.15, -0.1) is 10.2 Å². The molecule has 154 valence electrons. The maximum atomic E-state index is 12.7. The zero-order valence-electron chi connectivity index (χ0n) is 16.8. The molecule has 0 radical (unpaired) electrons. The molecular weight excluding hydrogens is 396 g/mol. The van der Waals surface area contributed by atoms with Crippen molar-refractivity contribution in [1.29, 1.82) is 0 Å². The first kappa shape index (κ1) is 22.4. The van der Waals surface area contributed by atoms with Crippen molar-refractivity contribution in [1.82, 2.24) is 14.5 Å². The molecule has 9 heteroatoms. The van der Waals surface area contributed by atoms with Crippen LogP contribution < -0.4 is 5.32 Å². The van der Waals surface area contributed by atoms with Gasteiger partial charge in [-0.25, -0.2) is 8.42 Å². The van der Waals surface area contributed by atoms with Gasteiger partial charge in [-0.2, -0.15) is 4.31 Å². The monoisotopic (exact) mass is 424 g/mol. The summed E-state index contributed by atoms with van der Waals surface area (Å²) < 4.78 is 26.9. The molecule has 1 amide bonds. The molecule has 0 atom stereocenters. The topological polar surface area (TPSA) is 92.3 Å². The molecule has 1 heterocycles. The van der Waals surface area contributed by atoms with Crippen molar-refractivity contribution in [2.24, 2.45) is 5.92 Å². The highest BCUT2D eigenvalue weighted by Crippen LogP contribution is 2.20. The Kier molecular flexibility index (Phi) is 8.09. The third kappa shape index (κ3) is 5.83. The lowest BCUT2D eigenvalue weighted by Crippen LogP contribution is -2.31. The summed E-state index contributed by atoms with van der Waals surface area (Å²) in [6, 6.07) is 5.99. The quantitative estimate of drug-likeness (QED) is 0.626. The number of anilines is 1. The molecule has 0 bridgehead atoms. The summed E-state index contributed by atoms with van der Waals surface area (Å²) in [5.41, 5.74) is 0.371. The number of nitrogens with zero attached hydrogens (tertiary/aromatic N) is 3. The number of unbranched alkanes of at least 4 members (excludes halogenated alkanes) is 1. The number of aromatic nitrogens is 2. The molecule has 0 aliphatic heterocycles. The average molecular weight is 425 g/mol. The van der Waals surface area contributed by atoms with Crippen LogP contribution in [0.2, 0.25) is 0 Å². The zero-order chi connectivity index (χ0) is 20.7. The Morgan fingerprint density at radius 3 is 2.43 bits per heavy atom. The lowest BCUT2D eigenvalue weighted by atomic mass is 10.1. The second-order valence-electron chi connectivity index (χ2n) is 6.93. The van der Waals surface area contributed by atoms with Crippen LogP contribution in [0.15, 0.2) is 29.2 Å². The Bertz CT molecular complexity index is 877. The van der Waals surface area contributed by atoms with Crippen LogP contribution in [-0.2, 0) is 16.4 Å². The molecule has 7 nitrogen and oxygen atoms in total. The van der Waals surface area contributed by atoms with Gasteiger partial charge in [0.05, 0.1) is 4.90 Å². The number of carbonyl (C=O) groups is 1. The van der Waals surface area contributed by atoms with Crippen molar-refractivity contribution < 1.29 is 13.2 Å². The predicted molar refractivity (Wildman–Crippen MR) is 112 cm³/mol. The number of amides is 1. The Morgan fingerprint density at radius 2 is 1.86 bits per heavy atom. The van der Waals surface area contributed by atoms with E-state index in [0.717, 1.165) is 24.3 Å². The van der Waals surface area contributed by atoms with Crippen LogP contribution in [0.4, 0.5) is 5.13 Å². The van der Waals surface area contributed by atoms with Gasteiger partial charge in [-0.1, -0.05) is 45.5 Å². The van der Waals surface area contributed by atoms with E-state index in [9.17, 15) is 13.2 Å². The number of hydrogen-bond donors (Lipinski definition) is 1. The second kappa shape index (κ2) is 10.1. The third-order valence-electron chi connectivity index (χ3n) is 4.14. The van der Waals surface area contributed by atoms with E-state index in [-0.39, 0.29) is 10.8 Å². The predicted octanol–water partition coefficient (Wildman–Crippen LogP) is 3.80. The van der Waals surface area contributed by atoms with E-state index in [0.29, 0.717) is 29.7 Å². The van der Waals surface area contributed by atoms with Gasteiger partial charge in [0.25, 0.3) is 5.91 Å². The SMILES string of the molecule is CCCCN(CC)S(=O)(=O)c1ccc(C(=O)Nc2nnc(CC(C)C)s2)cc1. The number of sulfonamides is 1. The van der Waals surface area contributed by atoms with E-state index in [4.69, 9.17) is 0 Å². The normalized spacial score (nSPS) is 11.9. The molecule has 1 aromatic carbocycles. The Balaban J connectivity index is 2.08. The van der Waals surface area contributed by atoms with Crippen LogP contribution in [0.25, 0.3) is 0 Å². The van der Waals surface area contributed by atoms with Gasteiger partial charge in [-0.3, -0.25) is 10.1 Å². The van der Waals surface area contributed by atoms with E-state index in [1.807, 2.05) is 13.8 Å². The fourth-order valence-electron chi connectivity index (χ4n) is 2.62. The molecule has 0 saturated heterocycles. The van der Waals surface area contributed by atoms with Crippen LogP contribution in [0.3, 0.4) is 0 Å². The van der Waals surface area contributed by atoms with Crippen molar-refractivity contribution >= 4 is 32.4 Å². The van der Waals surface area contributed by atoms with Crippen molar-refractivity contribution in [3.8, 4) is 0 Å². The summed E-state index contributed by atoms with van der Waals surface area (Å²) in [6.07, 6.45) is 2.55. The van der Waals surface area contributed by atoms with E-state index in [1.54, 1.807) is 0 Å². The third-order valence-corrected chi connectivity index (χ3v) is 6.99. The van der Waals surface area contributed by atoms with Crippen molar-refractivity contribution in [3.63, 3.8) is 0 Å². The summed E-state index contributed by atoms with van der Waals surface area (Å²) in [5, 5.41) is 12.1. The van der Waals surface area contributed by atoms with Gasteiger partial charge in [-0.05, 0) is 36.6 Å². The van der Waals surface area contributed by atoms with Crippen LogP contribution in [0, 0.1) is 5.92 Å². The van der Waals surface area contributed by atoms with Gasteiger partial charge in [0.2, 0.25) is 15.2 Å². The van der Waals surface area contributed by atoms with Gasteiger partial charge in [0.1, 0.15) is 5.01 Å². The largest absolute Gasteiger partial charge is 0.296 e. The molecule has 2 aromatic rings. The lowest BCUT2D eigenvalue weighted by Gasteiger charge is -2.20. The molecule has 0 spiro atoms. The Morgan fingerprint density at radius 1 is 1.18 bits per heavy atom. The smallest absolute Gasteiger partial charge is 0.257 e. The summed E-state index contributed by atoms with van der Waals surface area (Å²) >= 11 is 1.35. The van der Waals surface area contributed by atoms with E-state index >= 15 is 0 Å². The summed E-state index contributed by atoms with van der Waals surface area (Å²) in [7, 11) is -3.55. The maximum absolute atomic E-state index is 12.7. The summed E-state index contributed by atoms with van der Waals surface area (Å²) in [5.74, 6) is 0.125. The van der Waals surface area contributed by atoms with Crippen LogP contribution in [0.5, 0.6) is 0 Å². The van der Waals surface area contributed by atoms with Gasteiger partial charge < -0.3 is 0 Å². The molecule has 1 N–H and O–H groups in total. The highest BCUT2D eigenvalue weighted by Gasteiger charge is 2.22. The molecule has 0 fully saturated rings. The molecule has 28 heavy (non-hydrogen) atoms. The number of hydrogen-bond acceptors (Lipinski definition) is 6. The second-order valence-corrected chi connectivity index (χ2v) is 9.93. The minimum Gasteiger partial charge on any atom is -0.296 e. The van der Waals surface area contributed by atoms with Crippen molar-refractivity contribution in [2.45, 2.75) is 51.9 Å². The highest BCUT2D eigenvalue weighted by molar-refractivity contribution is 7.89. The number of carbonyl (C=O) groups excluding carboxylic acids is 1. The molecule has 0 saturated carbocycles. The highest BCUT2D eigenvalue weighted by atomic mass is 32.2. The lowest BCUT2D eigenvalue weighted by molar-refractivity contribution is 0.102. The maximum Gasteiger partial charge on any atom is 0.257 e. The number of rotatable bonds is 10. The van der Waals surface area contributed by atoms with Crippen LogP contribution in [-0.4, -0.2) is 41.9 Å². The Labute approximate surface area is 171 Å². The fraction of sp³-hybridized carbons (Fsp3) is 0.526. The van der Waals surface area contributed by atoms with Crippen molar-refractivity contribution in [3.05, 3.63) is 34.8 Å². The van der Waals surface area contributed by atoms with Crippen LogP contribution >= 0.6 is 11.3 Å². The average Bonchev–Trinajstić information content (AvgIpc) is 3.08. The number of benzene rings is 1. The molecule has 2 rings (SSSR count). The molecule has 1 aromatic heterocycles. The fourth-order valence-corrected chi connectivity index (χ4v) is 5.05. The van der Waals surface area contributed by atoms with Crippen LogP contribution in [0.1, 0.15) is 55.9 Å². The zero-order valence-corrected chi connectivity index (χ0v) is 18.4. The molecule has 0 aliphatic carbocycles. The van der Waals surface area contributed by atoms with Gasteiger partial charge >= 0.3 is 0 Å². The molecule has 0 unspecified atom stereocenters. The first-order valence-electron chi connectivity index (χ1n) is 9.51. The first-order valence-corrected chi connectivity index (χ1v) is 11.8. The number of nitrogens with one attached hydrogen (secondary N) is 1. The van der Waals surface area contributed by atoms with E-state index in [2.05, 4.69) is 29.4 Å². The summed E-state index contributed by atoms with van der Waals surface area (Å²) in [4.78, 5) is 12.6. The minimum absolute atomic E-state index is 0.192. The van der Waals surface area contributed by atoms with Gasteiger partial charge in [0.15, 0.2) is 0 Å². The van der Waals surface area contributed by atoms with Gasteiger partial charge in [0, 0.05) is 25.1 Å². The first-order chi connectivity index (χ1) is 13.3. The standard InChI is InChI=1S/C19H28N4O3S2/c1-5-7-12-23(6-2)28(25,26)16-10-8-15(9-11-16)18(24)20-19-22-21-17(27-19)13-14(3)4/h8-11,14H,5-7,12-13H2,1-4H3,(H,20,22,24).